The standard InChI is InChI=1S/C33H38N6O2S/c1-25-19-26(2)33(42(40,41)39-18-17-38(23-27(39)3)32-12-7-5-10-29(32)22-35)20-30(25)24-36-13-8-14-37(16-15-36)31-11-6-4-9-28(31)21-34/h4-7,9-12,19-20,27H,8,13-18,23-24H2,1-3H3/t27-/m0/s1. The molecule has 0 bridgehead atoms. The zero-order valence-corrected chi connectivity index (χ0v) is 25.4. The molecule has 2 saturated heterocycles. The van der Waals surface area contributed by atoms with Crippen LogP contribution in [-0.2, 0) is 16.6 Å². The highest BCUT2D eigenvalue weighted by atomic mass is 32.2. The van der Waals surface area contributed by atoms with Crippen LogP contribution in [0.25, 0.3) is 0 Å². The molecule has 2 fully saturated rings. The summed E-state index contributed by atoms with van der Waals surface area (Å²) in [4.78, 5) is 7.16. The molecule has 3 aromatic carbocycles. The number of aryl methyl sites for hydroxylation is 2. The van der Waals surface area contributed by atoms with Crippen molar-refractivity contribution in [2.75, 3.05) is 55.6 Å². The van der Waals surface area contributed by atoms with Crippen LogP contribution in [0.1, 0.15) is 41.2 Å². The molecule has 0 N–H and O–H groups in total. The zero-order chi connectivity index (χ0) is 29.9. The van der Waals surface area contributed by atoms with Gasteiger partial charge in [-0.05, 0) is 74.2 Å². The fourth-order valence-corrected chi connectivity index (χ4v) is 8.14. The number of benzene rings is 3. The van der Waals surface area contributed by atoms with E-state index in [4.69, 9.17) is 0 Å². The lowest BCUT2D eigenvalue weighted by Gasteiger charge is -2.40. The molecule has 8 nitrogen and oxygen atoms in total. The highest BCUT2D eigenvalue weighted by molar-refractivity contribution is 7.89. The first-order valence-electron chi connectivity index (χ1n) is 14.6. The summed E-state index contributed by atoms with van der Waals surface area (Å²) in [6.45, 7) is 11.4. The zero-order valence-electron chi connectivity index (χ0n) is 24.6. The van der Waals surface area contributed by atoms with E-state index in [0.29, 0.717) is 42.2 Å². The number of nitrogens with zero attached hydrogens (tertiary/aromatic N) is 6. The third-order valence-electron chi connectivity index (χ3n) is 8.50. The SMILES string of the molecule is Cc1cc(C)c(S(=O)(=O)N2CCN(c3ccccc3C#N)C[C@@H]2C)cc1CN1CCCN(c2ccccc2C#N)CC1. The Morgan fingerprint density at radius 1 is 0.786 bits per heavy atom. The summed E-state index contributed by atoms with van der Waals surface area (Å²) < 4.78 is 29.7. The summed E-state index contributed by atoms with van der Waals surface area (Å²) in [6.07, 6.45) is 0.965. The van der Waals surface area contributed by atoms with E-state index in [1.165, 1.54) is 0 Å². The predicted molar refractivity (Wildman–Crippen MR) is 166 cm³/mol. The fourth-order valence-electron chi connectivity index (χ4n) is 6.26. The maximum absolute atomic E-state index is 14.1. The predicted octanol–water partition coefficient (Wildman–Crippen LogP) is 4.66. The highest BCUT2D eigenvalue weighted by Gasteiger charge is 2.35. The summed E-state index contributed by atoms with van der Waals surface area (Å²) in [5.74, 6) is 0. The van der Waals surface area contributed by atoms with Gasteiger partial charge in [0.25, 0.3) is 0 Å². The average Bonchev–Trinajstić information content (AvgIpc) is 3.23. The second-order valence-electron chi connectivity index (χ2n) is 11.3. The van der Waals surface area contributed by atoms with Crippen molar-refractivity contribution in [3.8, 4) is 12.1 Å². The van der Waals surface area contributed by atoms with E-state index in [2.05, 4.69) is 33.8 Å². The molecule has 1 atom stereocenters. The van der Waals surface area contributed by atoms with E-state index in [1.807, 2.05) is 68.4 Å². The minimum Gasteiger partial charge on any atom is -0.369 e. The van der Waals surface area contributed by atoms with E-state index in [0.717, 1.165) is 60.7 Å². The van der Waals surface area contributed by atoms with Gasteiger partial charge < -0.3 is 9.80 Å². The molecule has 0 radical (unpaired) electrons. The largest absolute Gasteiger partial charge is 0.369 e. The van der Waals surface area contributed by atoms with Gasteiger partial charge in [0.2, 0.25) is 10.0 Å². The third kappa shape index (κ3) is 6.00. The molecule has 5 rings (SSSR count). The Hall–Kier alpha value is -3.89. The van der Waals surface area contributed by atoms with Crippen LogP contribution in [0.5, 0.6) is 0 Å². The first-order valence-corrected chi connectivity index (χ1v) is 16.0. The second-order valence-corrected chi connectivity index (χ2v) is 13.2. The molecular formula is C33H38N6O2S. The van der Waals surface area contributed by atoms with E-state index in [1.54, 1.807) is 10.4 Å². The lowest BCUT2D eigenvalue weighted by atomic mass is 10.1. The molecule has 42 heavy (non-hydrogen) atoms. The van der Waals surface area contributed by atoms with Crippen molar-refractivity contribution in [1.82, 2.24) is 9.21 Å². The van der Waals surface area contributed by atoms with Gasteiger partial charge in [0.1, 0.15) is 12.1 Å². The smallest absolute Gasteiger partial charge is 0.243 e. The molecular weight excluding hydrogens is 544 g/mol. The Bertz CT molecular complexity index is 1640. The van der Waals surface area contributed by atoms with Gasteiger partial charge in [-0.2, -0.15) is 14.8 Å². The molecule has 218 valence electrons. The number of rotatable bonds is 6. The van der Waals surface area contributed by atoms with Crippen molar-refractivity contribution < 1.29 is 8.42 Å². The number of nitriles is 2. The van der Waals surface area contributed by atoms with Gasteiger partial charge in [-0.1, -0.05) is 30.3 Å². The van der Waals surface area contributed by atoms with Crippen LogP contribution in [0.4, 0.5) is 11.4 Å². The Labute approximate surface area is 250 Å². The van der Waals surface area contributed by atoms with Gasteiger partial charge in [-0.3, -0.25) is 4.90 Å². The van der Waals surface area contributed by atoms with Crippen LogP contribution < -0.4 is 9.80 Å². The number of hydrogen-bond donors (Lipinski definition) is 0. The van der Waals surface area contributed by atoms with Gasteiger partial charge in [-0.25, -0.2) is 8.42 Å². The van der Waals surface area contributed by atoms with E-state index < -0.39 is 10.0 Å². The lowest BCUT2D eigenvalue weighted by Crippen LogP contribution is -2.54. The third-order valence-corrected chi connectivity index (χ3v) is 10.7. The van der Waals surface area contributed by atoms with E-state index in [-0.39, 0.29) is 6.04 Å². The maximum atomic E-state index is 14.1. The average molecular weight is 583 g/mol. The minimum atomic E-state index is -3.72. The molecule has 0 amide bonds. The van der Waals surface area contributed by atoms with E-state index in [9.17, 15) is 18.9 Å². The van der Waals surface area contributed by atoms with Crippen molar-refractivity contribution >= 4 is 21.4 Å². The van der Waals surface area contributed by atoms with Gasteiger partial charge in [0, 0.05) is 58.4 Å². The first-order chi connectivity index (χ1) is 20.2. The Morgan fingerprint density at radius 3 is 2.05 bits per heavy atom. The quantitative estimate of drug-likeness (QED) is 0.417. The summed E-state index contributed by atoms with van der Waals surface area (Å²) in [6, 6.07) is 23.4. The summed E-state index contributed by atoms with van der Waals surface area (Å²) in [5, 5.41) is 19.1. The molecule has 9 heteroatoms. The van der Waals surface area contributed by atoms with Crippen LogP contribution in [0, 0.1) is 36.5 Å². The Kier molecular flexibility index (Phi) is 8.84. The molecule has 0 saturated carbocycles. The number of hydrogen-bond acceptors (Lipinski definition) is 7. The number of sulfonamides is 1. The Balaban J connectivity index is 1.32. The van der Waals surface area contributed by atoms with Crippen molar-refractivity contribution in [2.24, 2.45) is 0 Å². The van der Waals surface area contributed by atoms with Crippen molar-refractivity contribution in [1.29, 1.82) is 10.5 Å². The monoisotopic (exact) mass is 582 g/mol. The molecule has 0 unspecified atom stereocenters. The van der Waals surface area contributed by atoms with Crippen LogP contribution in [0.3, 0.4) is 0 Å². The molecule has 0 aliphatic carbocycles. The topological polar surface area (TPSA) is 94.7 Å². The first kappa shape index (κ1) is 29.6. The van der Waals surface area contributed by atoms with Gasteiger partial charge in [0.05, 0.1) is 27.4 Å². The van der Waals surface area contributed by atoms with Crippen LogP contribution >= 0.6 is 0 Å². The number of para-hydroxylation sites is 2. The van der Waals surface area contributed by atoms with Crippen LogP contribution in [-0.4, -0.2) is 69.5 Å². The molecule has 0 aromatic heterocycles. The van der Waals surface area contributed by atoms with Crippen LogP contribution in [0.15, 0.2) is 65.6 Å². The molecule has 2 aliphatic rings. The number of piperazine rings is 1. The van der Waals surface area contributed by atoms with Crippen molar-refractivity contribution in [3.05, 3.63) is 88.5 Å². The van der Waals surface area contributed by atoms with Crippen LogP contribution in [0.2, 0.25) is 0 Å². The second kappa shape index (κ2) is 12.5. The van der Waals surface area contributed by atoms with Gasteiger partial charge in [-0.15, -0.1) is 0 Å². The van der Waals surface area contributed by atoms with Gasteiger partial charge >= 0.3 is 0 Å². The maximum Gasteiger partial charge on any atom is 0.243 e. The fraction of sp³-hybridized carbons (Fsp3) is 0.394. The van der Waals surface area contributed by atoms with Crippen molar-refractivity contribution in [2.45, 2.75) is 44.7 Å². The lowest BCUT2D eigenvalue weighted by molar-refractivity contribution is 0.284. The summed E-state index contributed by atoms with van der Waals surface area (Å²) in [7, 11) is -3.72. The highest BCUT2D eigenvalue weighted by Crippen LogP contribution is 2.30. The van der Waals surface area contributed by atoms with Crippen molar-refractivity contribution in [3.63, 3.8) is 0 Å². The molecule has 3 aromatic rings. The normalized spacial score (nSPS) is 18.7. The van der Waals surface area contributed by atoms with Gasteiger partial charge in [0.15, 0.2) is 0 Å². The molecule has 2 heterocycles. The molecule has 2 aliphatic heterocycles. The van der Waals surface area contributed by atoms with E-state index >= 15 is 0 Å². The Morgan fingerprint density at radius 2 is 1.40 bits per heavy atom. The molecule has 0 spiro atoms. The summed E-state index contributed by atoms with van der Waals surface area (Å²) >= 11 is 0. The minimum absolute atomic E-state index is 0.243. The summed E-state index contributed by atoms with van der Waals surface area (Å²) in [5.41, 5.74) is 6.01. The number of anilines is 2.